The highest BCUT2D eigenvalue weighted by molar-refractivity contribution is 8.07. The minimum atomic E-state index is -0.0183. The second kappa shape index (κ2) is 6.21. The Hall–Kier alpha value is -0.330. The summed E-state index contributed by atoms with van der Waals surface area (Å²) in [4.78, 5) is 0. The van der Waals surface area contributed by atoms with Crippen molar-refractivity contribution in [2.75, 3.05) is 18.6 Å². The van der Waals surface area contributed by atoms with E-state index in [1.54, 1.807) is 13.3 Å². The van der Waals surface area contributed by atoms with Crippen LogP contribution in [0.25, 0.3) is 0 Å². The number of aryl methyl sites for hydroxylation is 1. The molecule has 18 heavy (non-hydrogen) atoms. The maximum absolute atomic E-state index is 6.48. The molecule has 102 valence electrons. The van der Waals surface area contributed by atoms with Crippen LogP contribution >= 0.6 is 23.5 Å². The Kier molecular flexibility index (Phi) is 4.86. The summed E-state index contributed by atoms with van der Waals surface area (Å²) in [6.07, 6.45) is 1.77. The number of hydrogen-bond donors (Lipinski definition) is 1. The van der Waals surface area contributed by atoms with Crippen molar-refractivity contribution in [3.8, 4) is 5.75 Å². The molecule has 1 saturated heterocycles. The van der Waals surface area contributed by atoms with Crippen LogP contribution in [0.5, 0.6) is 5.75 Å². The standard InChI is InChI=1S/C12H21N3OS2/c1-4-15-11(9(16-3)7-14-15)10(13)12-8(2)17-5-6-18-12/h7-8,10,12H,4-6,13H2,1-3H3. The minimum Gasteiger partial charge on any atom is -0.493 e. The lowest BCUT2D eigenvalue weighted by molar-refractivity contribution is 0.400. The number of nitrogens with two attached hydrogens (primary N) is 1. The van der Waals surface area contributed by atoms with E-state index in [-0.39, 0.29) is 6.04 Å². The Morgan fingerprint density at radius 2 is 2.28 bits per heavy atom. The van der Waals surface area contributed by atoms with E-state index >= 15 is 0 Å². The maximum atomic E-state index is 6.48. The number of hydrogen-bond acceptors (Lipinski definition) is 5. The molecule has 1 aliphatic rings. The predicted molar refractivity (Wildman–Crippen MR) is 79.5 cm³/mol. The molecule has 0 radical (unpaired) electrons. The lowest BCUT2D eigenvalue weighted by Crippen LogP contribution is -2.35. The largest absolute Gasteiger partial charge is 0.493 e. The average Bonchev–Trinajstić information content (AvgIpc) is 2.81. The number of ether oxygens (including phenoxy) is 1. The molecule has 0 amide bonds. The van der Waals surface area contributed by atoms with E-state index in [1.165, 1.54) is 11.5 Å². The van der Waals surface area contributed by atoms with Gasteiger partial charge in [-0.05, 0) is 6.92 Å². The fourth-order valence-corrected chi connectivity index (χ4v) is 5.17. The first-order chi connectivity index (χ1) is 8.69. The summed E-state index contributed by atoms with van der Waals surface area (Å²) in [5.74, 6) is 3.21. The van der Waals surface area contributed by atoms with Gasteiger partial charge in [-0.2, -0.15) is 28.6 Å². The van der Waals surface area contributed by atoms with Gasteiger partial charge in [0, 0.05) is 28.6 Å². The van der Waals surface area contributed by atoms with Gasteiger partial charge in [0.15, 0.2) is 5.75 Å². The van der Waals surface area contributed by atoms with Crippen molar-refractivity contribution in [2.24, 2.45) is 5.73 Å². The maximum Gasteiger partial charge on any atom is 0.161 e. The lowest BCUT2D eigenvalue weighted by Gasteiger charge is -2.32. The molecule has 1 aromatic rings. The second-order valence-electron chi connectivity index (χ2n) is 4.35. The zero-order valence-corrected chi connectivity index (χ0v) is 12.8. The monoisotopic (exact) mass is 287 g/mol. The van der Waals surface area contributed by atoms with E-state index in [0.29, 0.717) is 10.5 Å². The molecule has 0 spiro atoms. The Balaban J connectivity index is 2.26. The SMILES string of the molecule is CCn1ncc(OC)c1C(N)C1SCCSC1C. The van der Waals surface area contributed by atoms with Gasteiger partial charge >= 0.3 is 0 Å². The van der Waals surface area contributed by atoms with Crippen LogP contribution in [0.1, 0.15) is 25.6 Å². The van der Waals surface area contributed by atoms with Crippen LogP contribution in [0.3, 0.4) is 0 Å². The molecule has 2 heterocycles. The van der Waals surface area contributed by atoms with Crippen LogP contribution in [0, 0.1) is 0 Å². The summed E-state index contributed by atoms with van der Waals surface area (Å²) in [5, 5.41) is 5.35. The summed E-state index contributed by atoms with van der Waals surface area (Å²) >= 11 is 3.98. The quantitative estimate of drug-likeness (QED) is 0.919. The number of thioether (sulfide) groups is 2. The molecular weight excluding hydrogens is 266 g/mol. The van der Waals surface area contributed by atoms with Gasteiger partial charge in [0.05, 0.1) is 25.0 Å². The van der Waals surface area contributed by atoms with Crippen molar-refractivity contribution in [1.29, 1.82) is 0 Å². The summed E-state index contributed by atoms with van der Waals surface area (Å²) in [5.41, 5.74) is 7.52. The lowest BCUT2D eigenvalue weighted by atomic mass is 10.1. The number of methoxy groups -OCH3 is 1. The molecule has 1 fully saturated rings. The normalized spacial score (nSPS) is 26.0. The van der Waals surface area contributed by atoms with Crippen LogP contribution in [0.4, 0.5) is 0 Å². The number of aromatic nitrogens is 2. The third-order valence-corrected chi connectivity index (χ3v) is 6.49. The molecule has 1 aliphatic heterocycles. The predicted octanol–water partition coefficient (Wildman–Crippen LogP) is 2.15. The molecule has 0 aromatic carbocycles. The van der Waals surface area contributed by atoms with Crippen LogP contribution in [-0.2, 0) is 6.54 Å². The minimum absolute atomic E-state index is 0.0183. The molecule has 6 heteroatoms. The van der Waals surface area contributed by atoms with Crippen LogP contribution in [0.15, 0.2) is 6.20 Å². The first-order valence-corrected chi connectivity index (χ1v) is 8.37. The van der Waals surface area contributed by atoms with Gasteiger partial charge in [0.1, 0.15) is 0 Å². The summed E-state index contributed by atoms with van der Waals surface area (Å²) in [7, 11) is 1.68. The van der Waals surface area contributed by atoms with Gasteiger partial charge in [-0.25, -0.2) is 0 Å². The molecule has 3 unspecified atom stereocenters. The van der Waals surface area contributed by atoms with Gasteiger partial charge in [-0.15, -0.1) is 0 Å². The van der Waals surface area contributed by atoms with Crippen LogP contribution in [-0.4, -0.2) is 38.9 Å². The van der Waals surface area contributed by atoms with Crippen LogP contribution < -0.4 is 10.5 Å². The summed E-state index contributed by atoms with van der Waals surface area (Å²) in [6.45, 7) is 5.17. The van der Waals surface area contributed by atoms with Crippen molar-refractivity contribution >= 4 is 23.5 Å². The summed E-state index contributed by atoms with van der Waals surface area (Å²) < 4.78 is 7.35. The van der Waals surface area contributed by atoms with E-state index in [0.717, 1.165) is 18.0 Å². The molecule has 3 atom stereocenters. The Labute approximate surface area is 117 Å². The molecule has 0 bridgehead atoms. The van der Waals surface area contributed by atoms with Crippen molar-refractivity contribution in [2.45, 2.75) is 36.9 Å². The second-order valence-corrected chi connectivity index (χ2v) is 7.12. The zero-order valence-electron chi connectivity index (χ0n) is 11.1. The highest BCUT2D eigenvalue weighted by Gasteiger charge is 2.32. The van der Waals surface area contributed by atoms with Gasteiger partial charge in [0.2, 0.25) is 0 Å². The first-order valence-electron chi connectivity index (χ1n) is 6.27. The highest BCUT2D eigenvalue weighted by Crippen LogP contribution is 2.39. The molecule has 2 N–H and O–H groups in total. The fourth-order valence-electron chi connectivity index (χ4n) is 2.32. The molecule has 4 nitrogen and oxygen atoms in total. The third-order valence-electron chi connectivity index (χ3n) is 3.27. The topological polar surface area (TPSA) is 53.1 Å². The van der Waals surface area contributed by atoms with Crippen molar-refractivity contribution in [3.05, 3.63) is 11.9 Å². The molecule has 1 aromatic heterocycles. The average molecular weight is 287 g/mol. The fraction of sp³-hybridized carbons (Fsp3) is 0.750. The third kappa shape index (κ3) is 2.65. The highest BCUT2D eigenvalue weighted by atomic mass is 32.2. The van der Waals surface area contributed by atoms with E-state index in [1.807, 2.05) is 28.2 Å². The zero-order chi connectivity index (χ0) is 13.1. The number of rotatable bonds is 4. The van der Waals surface area contributed by atoms with Crippen LogP contribution in [0.2, 0.25) is 0 Å². The van der Waals surface area contributed by atoms with Crippen molar-refractivity contribution in [3.63, 3.8) is 0 Å². The van der Waals surface area contributed by atoms with E-state index in [4.69, 9.17) is 10.5 Å². The van der Waals surface area contributed by atoms with Crippen molar-refractivity contribution < 1.29 is 4.74 Å². The molecule has 2 rings (SSSR count). The van der Waals surface area contributed by atoms with E-state index in [9.17, 15) is 0 Å². The van der Waals surface area contributed by atoms with Gasteiger partial charge in [-0.3, -0.25) is 4.68 Å². The van der Waals surface area contributed by atoms with Gasteiger partial charge < -0.3 is 10.5 Å². The Morgan fingerprint density at radius 1 is 1.56 bits per heavy atom. The molecular formula is C12H21N3OS2. The van der Waals surface area contributed by atoms with E-state index < -0.39 is 0 Å². The molecule has 0 saturated carbocycles. The first kappa shape index (κ1) is 14.1. The Morgan fingerprint density at radius 3 is 2.89 bits per heavy atom. The number of nitrogens with zero attached hydrogens (tertiary/aromatic N) is 2. The van der Waals surface area contributed by atoms with Gasteiger partial charge in [-0.1, -0.05) is 6.92 Å². The smallest absolute Gasteiger partial charge is 0.161 e. The Bertz CT molecular complexity index is 375. The van der Waals surface area contributed by atoms with E-state index in [2.05, 4.69) is 18.9 Å². The molecule has 0 aliphatic carbocycles. The van der Waals surface area contributed by atoms with Gasteiger partial charge in [0.25, 0.3) is 0 Å². The van der Waals surface area contributed by atoms with Crippen molar-refractivity contribution in [1.82, 2.24) is 9.78 Å². The summed E-state index contributed by atoms with van der Waals surface area (Å²) in [6, 6.07) is -0.0183.